The number of nitro benzene ring substituents is 1. The SMILES string of the molecule is NC(=O)[C@@H]1CN(c2nc3ccc([N+](=O)[O-])cc3s2)CCO1. The van der Waals surface area contributed by atoms with Crippen LogP contribution in [0.4, 0.5) is 10.8 Å². The van der Waals surface area contributed by atoms with Crippen LogP contribution in [0.5, 0.6) is 0 Å². The van der Waals surface area contributed by atoms with Crippen LogP contribution in [0.25, 0.3) is 10.2 Å². The summed E-state index contributed by atoms with van der Waals surface area (Å²) in [4.78, 5) is 27.9. The summed E-state index contributed by atoms with van der Waals surface area (Å²) in [5.74, 6) is -0.503. The van der Waals surface area contributed by atoms with E-state index in [1.54, 1.807) is 6.07 Å². The molecule has 110 valence electrons. The van der Waals surface area contributed by atoms with Gasteiger partial charge in [-0.15, -0.1) is 0 Å². The fourth-order valence-corrected chi connectivity index (χ4v) is 3.18. The van der Waals surface area contributed by atoms with Gasteiger partial charge in [0.05, 0.1) is 28.3 Å². The fraction of sp³-hybridized carbons (Fsp3) is 0.333. The molecule has 1 saturated heterocycles. The number of ether oxygens (including phenoxy) is 1. The molecule has 0 unspecified atom stereocenters. The lowest BCUT2D eigenvalue weighted by atomic mass is 10.3. The van der Waals surface area contributed by atoms with Gasteiger partial charge in [-0.05, 0) is 6.07 Å². The third kappa shape index (κ3) is 2.65. The summed E-state index contributed by atoms with van der Waals surface area (Å²) >= 11 is 1.35. The number of rotatable bonds is 3. The summed E-state index contributed by atoms with van der Waals surface area (Å²) in [7, 11) is 0. The molecule has 1 atom stereocenters. The standard InChI is InChI=1S/C12H12N4O4S/c13-11(17)9-6-15(3-4-20-9)12-14-8-2-1-7(16(18)19)5-10(8)21-12/h1-2,5,9H,3-4,6H2,(H2,13,17)/t9-/m0/s1. The van der Waals surface area contributed by atoms with Crippen molar-refractivity contribution in [1.82, 2.24) is 4.98 Å². The highest BCUT2D eigenvalue weighted by molar-refractivity contribution is 7.22. The Balaban J connectivity index is 1.90. The van der Waals surface area contributed by atoms with Crippen molar-refractivity contribution in [3.63, 3.8) is 0 Å². The number of nitrogens with zero attached hydrogens (tertiary/aromatic N) is 3. The number of morpholine rings is 1. The van der Waals surface area contributed by atoms with E-state index in [0.29, 0.717) is 30.3 Å². The number of primary amides is 1. The molecule has 1 fully saturated rings. The lowest BCUT2D eigenvalue weighted by Gasteiger charge is -2.30. The molecule has 2 N–H and O–H groups in total. The Hall–Kier alpha value is -2.26. The number of carbonyl (C=O) groups is 1. The van der Waals surface area contributed by atoms with Crippen molar-refractivity contribution in [1.29, 1.82) is 0 Å². The molecular formula is C12H12N4O4S. The molecule has 0 radical (unpaired) electrons. The molecular weight excluding hydrogens is 296 g/mol. The van der Waals surface area contributed by atoms with Gasteiger partial charge >= 0.3 is 0 Å². The van der Waals surface area contributed by atoms with Crippen molar-refractivity contribution < 1.29 is 14.5 Å². The van der Waals surface area contributed by atoms with Crippen LogP contribution >= 0.6 is 11.3 Å². The molecule has 0 spiro atoms. The highest BCUT2D eigenvalue weighted by Crippen LogP contribution is 2.32. The molecule has 3 rings (SSSR count). The van der Waals surface area contributed by atoms with Gasteiger partial charge in [-0.25, -0.2) is 4.98 Å². The highest BCUT2D eigenvalue weighted by Gasteiger charge is 2.26. The van der Waals surface area contributed by atoms with Gasteiger partial charge in [0.15, 0.2) is 11.2 Å². The Labute approximate surface area is 123 Å². The molecule has 2 aromatic rings. The maximum absolute atomic E-state index is 11.2. The lowest BCUT2D eigenvalue weighted by molar-refractivity contribution is -0.384. The number of benzene rings is 1. The average molecular weight is 308 g/mol. The number of fused-ring (bicyclic) bond motifs is 1. The Morgan fingerprint density at radius 2 is 2.38 bits per heavy atom. The third-order valence-electron chi connectivity index (χ3n) is 3.23. The zero-order valence-corrected chi connectivity index (χ0v) is 11.7. The largest absolute Gasteiger partial charge is 0.367 e. The molecule has 1 amide bonds. The van der Waals surface area contributed by atoms with Crippen molar-refractivity contribution in [2.75, 3.05) is 24.6 Å². The number of nitro groups is 1. The van der Waals surface area contributed by atoms with E-state index in [4.69, 9.17) is 10.5 Å². The summed E-state index contributed by atoms with van der Waals surface area (Å²) in [6.07, 6.45) is -0.653. The number of thiazole rings is 1. The molecule has 1 aromatic heterocycles. The summed E-state index contributed by atoms with van der Waals surface area (Å²) in [6.45, 7) is 1.34. The first-order chi connectivity index (χ1) is 10.0. The van der Waals surface area contributed by atoms with Gasteiger partial charge in [0.1, 0.15) is 0 Å². The van der Waals surface area contributed by atoms with E-state index in [-0.39, 0.29) is 5.69 Å². The molecule has 0 bridgehead atoms. The van der Waals surface area contributed by atoms with Gasteiger partial charge in [-0.2, -0.15) is 0 Å². The summed E-state index contributed by atoms with van der Waals surface area (Å²) < 4.78 is 6.02. The first kappa shape index (κ1) is 13.7. The minimum atomic E-state index is -0.653. The number of non-ortho nitro benzene ring substituents is 1. The first-order valence-corrected chi connectivity index (χ1v) is 7.07. The van der Waals surface area contributed by atoms with E-state index < -0.39 is 16.9 Å². The molecule has 1 aromatic carbocycles. The normalized spacial score (nSPS) is 18.9. The Bertz CT molecular complexity index is 716. The van der Waals surface area contributed by atoms with E-state index in [1.807, 2.05) is 4.90 Å². The minimum Gasteiger partial charge on any atom is -0.367 e. The second-order valence-electron chi connectivity index (χ2n) is 4.61. The van der Waals surface area contributed by atoms with Gasteiger partial charge in [0.2, 0.25) is 5.91 Å². The fourth-order valence-electron chi connectivity index (χ4n) is 2.15. The lowest BCUT2D eigenvalue weighted by Crippen LogP contribution is -2.48. The van der Waals surface area contributed by atoms with Crippen LogP contribution in [0.1, 0.15) is 0 Å². The van der Waals surface area contributed by atoms with Gasteiger partial charge in [0, 0.05) is 18.7 Å². The summed E-state index contributed by atoms with van der Waals surface area (Å²) in [5, 5.41) is 11.5. The molecule has 9 heteroatoms. The van der Waals surface area contributed by atoms with Crippen LogP contribution in [-0.4, -0.2) is 41.6 Å². The molecule has 0 saturated carbocycles. The van der Waals surface area contributed by atoms with Crippen molar-refractivity contribution in [3.05, 3.63) is 28.3 Å². The van der Waals surface area contributed by atoms with E-state index in [9.17, 15) is 14.9 Å². The minimum absolute atomic E-state index is 0.0367. The number of hydrogen-bond acceptors (Lipinski definition) is 7. The van der Waals surface area contributed by atoms with E-state index >= 15 is 0 Å². The van der Waals surface area contributed by atoms with Gasteiger partial charge < -0.3 is 15.4 Å². The smallest absolute Gasteiger partial charge is 0.270 e. The number of hydrogen-bond donors (Lipinski definition) is 1. The van der Waals surface area contributed by atoms with Crippen LogP contribution in [-0.2, 0) is 9.53 Å². The molecule has 21 heavy (non-hydrogen) atoms. The Morgan fingerprint density at radius 3 is 3.10 bits per heavy atom. The maximum atomic E-state index is 11.2. The topological polar surface area (TPSA) is 112 Å². The number of anilines is 1. The quantitative estimate of drug-likeness (QED) is 0.666. The third-order valence-corrected chi connectivity index (χ3v) is 4.30. The molecule has 2 heterocycles. The van der Waals surface area contributed by atoms with Crippen LogP contribution in [0, 0.1) is 10.1 Å². The van der Waals surface area contributed by atoms with Crippen LogP contribution in [0.15, 0.2) is 18.2 Å². The highest BCUT2D eigenvalue weighted by atomic mass is 32.1. The molecule has 0 aliphatic carbocycles. The number of amides is 1. The maximum Gasteiger partial charge on any atom is 0.270 e. The second kappa shape index (κ2) is 5.26. The van der Waals surface area contributed by atoms with Gasteiger partial charge in [0.25, 0.3) is 5.69 Å². The predicted octanol–water partition coefficient (Wildman–Crippen LogP) is 0.895. The zero-order chi connectivity index (χ0) is 15.0. The zero-order valence-electron chi connectivity index (χ0n) is 10.9. The average Bonchev–Trinajstić information content (AvgIpc) is 2.90. The van der Waals surface area contributed by atoms with E-state index in [0.717, 1.165) is 4.70 Å². The van der Waals surface area contributed by atoms with Gasteiger partial charge in [-0.1, -0.05) is 11.3 Å². The van der Waals surface area contributed by atoms with E-state index in [1.165, 1.54) is 23.5 Å². The van der Waals surface area contributed by atoms with Crippen LogP contribution < -0.4 is 10.6 Å². The number of nitrogens with two attached hydrogens (primary N) is 1. The Kier molecular flexibility index (Phi) is 3.43. The summed E-state index contributed by atoms with van der Waals surface area (Å²) in [5.41, 5.74) is 5.99. The van der Waals surface area contributed by atoms with Crippen molar-refractivity contribution in [3.8, 4) is 0 Å². The second-order valence-corrected chi connectivity index (χ2v) is 5.62. The van der Waals surface area contributed by atoms with Gasteiger partial charge in [-0.3, -0.25) is 14.9 Å². The summed E-state index contributed by atoms with van der Waals surface area (Å²) in [6, 6.07) is 4.55. The Morgan fingerprint density at radius 1 is 1.57 bits per heavy atom. The predicted molar refractivity (Wildman–Crippen MR) is 77.4 cm³/mol. The number of carbonyl (C=O) groups excluding carboxylic acids is 1. The van der Waals surface area contributed by atoms with Crippen LogP contribution in [0.2, 0.25) is 0 Å². The molecule has 1 aliphatic heterocycles. The van der Waals surface area contributed by atoms with Crippen LogP contribution in [0.3, 0.4) is 0 Å². The van der Waals surface area contributed by atoms with E-state index in [2.05, 4.69) is 4.98 Å². The molecule has 8 nitrogen and oxygen atoms in total. The molecule has 1 aliphatic rings. The van der Waals surface area contributed by atoms with Crippen molar-refractivity contribution >= 4 is 38.3 Å². The van der Waals surface area contributed by atoms with Crippen molar-refractivity contribution in [2.45, 2.75) is 6.10 Å². The number of aromatic nitrogens is 1. The monoisotopic (exact) mass is 308 g/mol. The first-order valence-electron chi connectivity index (χ1n) is 6.25. The van der Waals surface area contributed by atoms with Crippen molar-refractivity contribution in [2.24, 2.45) is 5.73 Å².